The Labute approximate surface area is 145 Å². The number of rotatable bonds is 6. The van der Waals surface area contributed by atoms with Gasteiger partial charge >= 0.3 is 0 Å². The van der Waals surface area contributed by atoms with Crippen LogP contribution in [0.2, 0.25) is 0 Å². The van der Waals surface area contributed by atoms with Gasteiger partial charge in [-0.2, -0.15) is 0 Å². The largest absolute Gasteiger partial charge is 0.366 e. The summed E-state index contributed by atoms with van der Waals surface area (Å²) in [6.07, 6.45) is 1.78. The molecule has 3 rings (SSSR count). The highest BCUT2D eigenvalue weighted by Crippen LogP contribution is 2.30. The Morgan fingerprint density at radius 1 is 1.00 bits per heavy atom. The lowest BCUT2D eigenvalue weighted by atomic mass is 10.2. The predicted molar refractivity (Wildman–Crippen MR) is 93.6 cm³/mol. The van der Waals surface area contributed by atoms with Crippen molar-refractivity contribution >= 4 is 33.2 Å². The van der Waals surface area contributed by atoms with Gasteiger partial charge in [0.05, 0.1) is 10.6 Å². The molecule has 2 aromatic carbocycles. The molecule has 0 saturated heterocycles. The minimum atomic E-state index is -3.82. The van der Waals surface area contributed by atoms with Crippen molar-refractivity contribution in [3.05, 3.63) is 54.1 Å². The summed E-state index contributed by atoms with van der Waals surface area (Å²) in [4.78, 5) is 22.9. The SMILES string of the molecule is NC(=O)c1ccc(S(=O)(=O)Nc2cccc(NC(=O)C3CC3)c2)cc1. The van der Waals surface area contributed by atoms with Crippen LogP contribution in [-0.4, -0.2) is 20.2 Å². The molecule has 2 aromatic rings. The zero-order chi connectivity index (χ0) is 18.0. The summed E-state index contributed by atoms with van der Waals surface area (Å²) in [6, 6.07) is 11.8. The van der Waals surface area contributed by atoms with E-state index in [0.717, 1.165) is 12.8 Å². The number of primary amides is 1. The summed E-state index contributed by atoms with van der Waals surface area (Å²) in [5, 5.41) is 2.76. The van der Waals surface area contributed by atoms with Gasteiger partial charge in [-0.3, -0.25) is 14.3 Å². The van der Waals surface area contributed by atoms with Crippen molar-refractivity contribution in [2.75, 3.05) is 10.0 Å². The lowest BCUT2D eigenvalue weighted by Gasteiger charge is -2.10. The molecule has 2 amide bonds. The first kappa shape index (κ1) is 17.0. The fraction of sp³-hybridized carbons (Fsp3) is 0.176. The van der Waals surface area contributed by atoms with Crippen LogP contribution in [0.4, 0.5) is 11.4 Å². The summed E-state index contributed by atoms with van der Waals surface area (Å²) in [5.41, 5.74) is 6.22. The van der Waals surface area contributed by atoms with Gasteiger partial charge in [0.1, 0.15) is 0 Å². The van der Waals surface area contributed by atoms with E-state index in [1.807, 2.05) is 0 Å². The maximum absolute atomic E-state index is 12.4. The molecule has 1 aliphatic carbocycles. The van der Waals surface area contributed by atoms with Crippen molar-refractivity contribution < 1.29 is 18.0 Å². The molecule has 0 radical (unpaired) electrons. The van der Waals surface area contributed by atoms with E-state index in [1.54, 1.807) is 24.3 Å². The monoisotopic (exact) mass is 359 g/mol. The number of nitrogens with two attached hydrogens (primary N) is 1. The topological polar surface area (TPSA) is 118 Å². The highest BCUT2D eigenvalue weighted by molar-refractivity contribution is 7.92. The molecule has 4 N–H and O–H groups in total. The van der Waals surface area contributed by atoms with Crippen LogP contribution in [0, 0.1) is 5.92 Å². The number of hydrogen-bond donors (Lipinski definition) is 3. The predicted octanol–water partition coefficient (Wildman–Crippen LogP) is 1.93. The minimum absolute atomic E-state index is 0.00455. The van der Waals surface area contributed by atoms with E-state index < -0.39 is 15.9 Å². The first-order valence-electron chi connectivity index (χ1n) is 7.69. The Balaban J connectivity index is 1.75. The number of sulfonamides is 1. The molecular formula is C17H17N3O4S. The molecule has 0 heterocycles. The molecule has 8 heteroatoms. The molecule has 0 aliphatic heterocycles. The maximum atomic E-state index is 12.4. The highest BCUT2D eigenvalue weighted by atomic mass is 32.2. The fourth-order valence-electron chi connectivity index (χ4n) is 2.26. The van der Waals surface area contributed by atoms with Gasteiger partial charge in [0.15, 0.2) is 0 Å². The number of carbonyl (C=O) groups is 2. The molecule has 25 heavy (non-hydrogen) atoms. The van der Waals surface area contributed by atoms with Crippen molar-refractivity contribution in [1.29, 1.82) is 0 Å². The van der Waals surface area contributed by atoms with E-state index >= 15 is 0 Å². The van der Waals surface area contributed by atoms with E-state index in [0.29, 0.717) is 11.4 Å². The van der Waals surface area contributed by atoms with Crippen LogP contribution in [0.25, 0.3) is 0 Å². The molecule has 0 bridgehead atoms. The summed E-state index contributed by atoms with van der Waals surface area (Å²) in [6.45, 7) is 0. The second-order valence-electron chi connectivity index (χ2n) is 5.84. The Morgan fingerprint density at radius 2 is 1.64 bits per heavy atom. The standard InChI is InChI=1S/C17H17N3O4S/c18-16(21)11-6-8-15(9-7-11)25(23,24)20-14-3-1-2-13(10-14)19-17(22)12-4-5-12/h1-3,6-10,12,20H,4-5H2,(H2,18,21)(H,19,22). The van der Waals surface area contributed by atoms with Gasteiger partial charge in [0.2, 0.25) is 11.8 Å². The van der Waals surface area contributed by atoms with Crippen LogP contribution in [0.3, 0.4) is 0 Å². The third kappa shape index (κ3) is 4.16. The van der Waals surface area contributed by atoms with Crippen LogP contribution >= 0.6 is 0 Å². The number of benzene rings is 2. The van der Waals surface area contributed by atoms with Crippen LogP contribution in [0.15, 0.2) is 53.4 Å². The molecule has 1 aliphatic rings. The fourth-order valence-corrected chi connectivity index (χ4v) is 3.31. The summed E-state index contributed by atoms with van der Waals surface area (Å²) >= 11 is 0. The van der Waals surface area contributed by atoms with Crippen molar-refractivity contribution in [2.24, 2.45) is 11.7 Å². The average molecular weight is 359 g/mol. The first-order chi connectivity index (χ1) is 11.8. The van der Waals surface area contributed by atoms with Gasteiger partial charge < -0.3 is 11.1 Å². The van der Waals surface area contributed by atoms with Gasteiger partial charge in [0, 0.05) is 17.2 Å². The third-order valence-electron chi connectivity index (χ3n) is 3.78. The van der Waals surface area contributed by atoms with Gasteiger partial charge in [0.25, 0.3) is 10.0 Å². The second-order valence-corrected chi connectivity index (χ2v) is 7.52. The molecule has 0 unspecified atom stereocenters. The highest BCUT2D eigenvalue weighted by Gasteiger charge is 2.29. The molecule has 1 saturated carbocycles. The third-order valence-corrected chi connectivity index (χ3v) is 5.18. The summed E-state index contributed by atoms with van der Waals surface area (Å²) in [5.74, 6) is -0.623. The zero-order valence-corrected chi connectivity index (χ0v) is 14.0. The Bertz CT molecular complexity index is 919. The summed E-state index contributed by atoms with van der Waals surface area (Å²) < 4.78 is 27.3. The molecular weight excluding hydrogens is 342 g/mol. The van der Waals surface area contributed by atoms with E-state index in [-0.39, 0.29) is 22.3 Å². The van der Waals surface area contributed by atoms with Gasteiger partial charge in [-0.1, -0.05) is 6.07 Å². The van der Waals surface area contributed by atoms with Crippen LogP contribution < -0.4 is 15.8 Å². The number of nitrogens with one attached hydrogen (secondary N) is 2. The van der Waals surface area contributed by atoms with Crippen molar-refractivity contribution in [2.45, 2.75) is 17.7 Å². The Morgan fingerprint density at radius 3 is 2.24 bits per heavy atom. The van der Waals surface area contributed by atoms with Gasteiger partial charge in [-0.15, -0.1) is 0 Å². The van der Waals surface area contributed by atoms with Crippen molar-refractivity contribution in [1.82, 2.24) is 0 Å². The average Bonchev–Trinajstić information content (AvgIpc) is 3.40. The van der Waals surface area contributed by atoms with E-state index in [9.17, 15) is 18.0 Å². The molecule has 0 aromatic heterocycles. The van der Waals surface area contributed by atoms with Crippen molar-refractivity contribution in [3.63, 3.8) is 0 Å². The second kappa shape index (κ2) is 6.56. The summed E-state index contributed by atoms with van der Waals surface area (Å²) in [7, 11) is -3.82. The number of hydrogen-bond acceptors (Lipinski definition) is 4. The van der Waals surface area contributed by atoms with Gasteiger partial charge in [-0.25, -0.2) is 8.42 Å². The normalized spacial score (nSPS) is 13.9. The quantitative estimate of drug-likeness (QED) is 0.730. The lowest BCUT2D eigenvalue weighted by Crippen LogP contribution is -2.15. The number of carbonyl (C=O) groups excluding carboxylic acids is 2. The molecule has 0 spiro atoms. The first-order valence-corrected chi connectivity index (χ1v) is 9.17. The zero-order valence-electron chi connectivity index (χ0n) is 13.2. The Kier molecular flexibility index (Phi) is 4.45. The Hall–Kier alpha value is -2.87. The molecule has 130 valence electrons. The number of anilines is 2. The van der Waals surface area contributed by atoms with Gasteiger partial charge in [-0.05, 0) is 55.3 Å². The van der Waals surface area contributed by atoms with Crippen LogP contribution in [-0.2, 0) is 14.8 Å². The molecule has 1 fully saturated rings. The molecule has 7 nitrogen and oxygen atoms in total. The van der Waals surface area contributed by atoms with E-state index in [1.165, 1.54) is 24.3 Å². The maximum Gasteiger partial charge on any atom is 0.261 e. The molecule has 0 atom stereocenters. The lowest BCUT2D eigenvalue weighted by molar-refractivity contribution is -0.117. The van der Waals surface area contributed by atoms with Crippen LogP contribution in [0.5, 0.6) is 0 Å². The smallest absolute Gasteiger partial charge is 0.261 e. The van der Waals surface area contributed by atoms with E-state index in [2.05, 4.69) is 10.0 Å². The van der Waals surface area contributed by atoms with Crippen LogP contribution in [0.1, 0.15) is 23.2 Å². The van der Waals surface area contributed by atoms with E-state index in [4.69, 9.17) is 5.73 Å². The number of amides is 2. The minimum Gasteiger partial charge on any atom is -0.366 e. The van der Waals surface area contributed by atoms with Crippen molar-refractivity contribution in [3.8, 4) is 0 Å².